The molecule has 0 radical (unpaired) electrons. The summed E-state index contributed by atoms with van der Waals surface area (Å²) in [5, 5.41) is 5.80. The summed E-state index contributed by atoms with van der Waals surface area (Å²) in [5.41, 5.74) is 8.70. The van der Waals surface area contributed by atoms with E-state index in [4.69, 9.17) is 10.2 Å². The van der Waals surface area contributed by atoms with Gasteiger partial charge in [-0.3, -0.25) is 9.59 Å². The van der Waals surface area contributed by atoms with Gasteiger partial charge < -0.3 is 25.7 Å². The first-order chi connectivity index (χ1) is 14.0. The average Bonchev–Trinajstić information content (AvgIpc) is 3.17. The normalized spacial score (nSPS) is 10.4. The zero-order valence-electron chi connectivity index (χ0n) is 16.3. The maximum Gasteiger partial charge on any atom is 0.299 e. The zero-order chi connectivity index (χ0) is 20.8. The number of nitrogens with one attached hydrogen (secondary N) is 2. The summed E-state index contributed by atoms with van der Waals surface area (Å²) in [5.74, 6) is 0.328. The van der Waals surface area contributed by atoms with Crippen LogP contribution >= 0.6 is 0 Å². The van der Waals surface area contributed by atoms with Gasteiger partial charge in [0.1, 0.15) is 0 Å². The van der Waals surface area contributed by atoms with Crippen molar-refractivity contribution in [2.75, 3.05) is 24.2 Å². The van der Waals surface area contributed by atoms with Crippen LogP contribution in [0, 0.1) is 0 Å². The number of carbonyl (C=O) groups excluding carboxylic acids is 2. The quantitative estimate of drug-likeness (QED) is 0.569. The van der Waals surface area contributed by atoms with Gasteiger partial charge in [-0.2, -0.15) is 0 Å². The van der Waals surface area contributed by atoms with Crippen LogP contribution in [0.5, 0.6) is 0 Å². The van der Waals surface area contributed by atoms with E-state index in [1.54, 1.807) is 30.3 Å². The molecule has 0 bridgehead atoms. The molecule has 150 valence electrons. The van der Waals surface area contributed by atoms with E-state index >= 15 is 0 Å². The minimum atomic E-state index is -0.137. The molecule has 4 N–H and O–H groups in total. The van der Waals surface area contributed by atoms with Gasteiger partial charge in [-0.25, -0.2) is 4.98 Å². The van der Waals surface area contributed by atoms with Crippen LogP contribution in [0.2, 0.25) is 0 Å². The molecule has 1 aromatic heterocycles. The first kappa shape index (κ1) is 20.1. The van der Waals surface area contributed by atoms with E-state index in [0.717, 1.165) is 16.8 Å². The fourth-order valence-electron chi connectivity index (χ4n) is 2.82. The summed E-state index contributed by atoms with van der Waals surface area (Å²) in [6, 6.07) is 15.2. The van der Waals surface area contributed by atoms with Crippen LogP contribution in [0.15, 0.2) is 59.1 Å². The van der Waals surface area contributed by atoms with Crippen LogP contribution in [0.25, 0.3) is 11.3 Å². The fourth-order valence-corrected chi connectivity index (χ4v) is 2.82. The van der Waals surface area contributed by atoms with Gasteiger partial charge in [-0.15, -0.1) is 0 Å². The molecule has 0 unspecified atom stereocenters. The van der Waals surface area contributed by atoms with Gasteiger partial charge in [0.2, 0.25) is 11.8 Å². The smallest absolute Gasteiger partial charge is 0.299 e. The Kier molecular flexibility index (Phi) is 6.25. The average molecular weight is 393 g/mol. The number of nitrogens with two attached hydrogens (primary N) is 1. The Morgan fingerprint density at radius 3 is 2.48 bits per heavy atom. The van der Waals surface area contributed by atoms with Crippen LogP contribution in [-0.2, 0) is 16.1 Å². The van der Waals surface area contributed by atoms with Gasteiger partial charge in [0.25, 0.3) is 6.01 Å². The Labute approximate surface area is 168 Å². The summed E-state index contributed by atoms with van der Waals surface area (Å²) >= 11 is 0. The lowest BCUT2D eigenvalue weighted by molar-refractivity contribution is -0.128. The third-order valence-electron chi connectivity index (χ3n) is 4.25. The molecule has 3 rings (SSSR count). The van der Waals surface area contributed by atoms with E-state index in [-0.39, 0.29) is 18.4 Å². The summed E-state index contributed by atoms with van der Waals surface area (Å²) in [6.45, 7) is 1.85. The highest BCUT2D eigenvalue weighted by molar-refractivity contribution is 5.88. The number of benzene rings is 2. The maximum atomic E-state index is 11.8. The Hall–Kier alpha value is -3.65. The number of carbonyl (C=O) groups is 2. The molecular weight excluding hydrogens is 370 g/mol. The molecular formula is C21H23N5O3. The number of anilines is 3. The predicted octanol–water partition coefficient (Wildman–Crippen LogP) is 2.96. The van der Waals surface area contributed by atoms with Crippen molar-refractivity contribution in [2.45, 2.75) is 13.5 Å². The second kappa shape index (κ2) is 9.03. The highest BCUT2D eigenvalue weighted by Gasteiger charge is 2.14. The maximum absolute atomic E-state index is 11.8. The summed E-state index contributed by atoms with van der Waals surface area (Å²) in [4.78, 5) is 28.7. The second-order valence-corrected chi connectivity index (χ2v) is 6.52. The molecule has 8 nitrogen and oxygen atoms in total. The number of hydrogen-bond acceptors (Lipinski definition) is 6. The van der Waals surface area contributed by atoms with Crippen molar-refractivity contribution in [3.05, 3.63) is 60.3 Å². The zero-order valence-corrected chi connectivity index (χ0v) is 16.3. The molecule has 2 amide bonds. The number of amides is 2. The highest BCUT2D eigenvalue weighted by Crippen LogP contribution is 2.28. The lowest BCUT2D eigenvalue weighted by Gasteiger charge is -2.17. The van der Waals surface area contributed by atoms with E-state index in [0.29, 0.717) is 24.0 Å². The lowest BCUT2D eigenvalue weighted by Crippen LogP contribution is -2.32. The molecule has 0 aliphatic rings. The Morgan fingerprint density at radius 1 is 1.10 bits per heavy atom. The molecule has 0 aliphatic carbocycles. The van der Waals surface area contributed by atoms with Crippen molar-refractivity contribution >= 4 is 29.2 Å². The number of likely N-dealkylation sites (N-methyl/N-ethyl adjacent to an activating group) is 1. The van der Waals surface area contributed by atoms with Crippen LogP contribution in [0.4, 0.5) is 17.4 Å². The van der Waals surface area contributed by atoms with Crippen LogP contribution in [0.1, 0.15) is 12.5 Å². The van der Waals surface area contributed by atoms with Gasteiger partial charge >= 0.3 is 0 Å². The second-order valence-electron chi connectivity index (χ2n) is 6.52. The van der Waals surface area contributed by atoms with Gasteiger partial charge in [-0.1, -0.05) is 24.3 Å². The fraction of sp³-hybridized carbons (Fsp3) is 0.190. The third-order valence-corrected chi connectivity index (χ3v) is 4.25. The molecule has 2 aromatic carbocycles. The van der Waals surface area contributed by atoms with Gasteiger partial charge in [-0.05, 0) is 29.8 Å². The van der Waals surface area contributed by atoms with Crippen molar-refractivity contribution in [1.29, 1.82) is 0 Å². The Morgan fingerprint density at radius 2 is 1.79 bits per heavy atom. The topological polar surface area (TPSA) is 113 Å². The third kappa shape index (κ3) is 5.20. The van der Waals surface area contributed by atoms with Crippen LogP contribution in [0.3, 0.4) is 0 Å². The van der Waals surface area contributed by atoms with Crippen LogP contribution in [-0.4, -0.2) is 35.3 Å². The monoisotopic (exact) mass is 393 g/mol. The van der Waals surface area contributed by atoms with E-state index in [1.165, 1.54) is 6.92 Å². The number of hydrogen-bond donors (Lipinski definition) is 3. The number of aromatic nitrogens is 1. The van der Waals surface area contributed by atoms with Crippen molar-refractivity contribution < 1.29 is 14.0 Å². The van der Waals surface area contributed by atoms with Gasteiger partial charge in [0.15, 0.2) is 5.76 Å². The molecule has 3 aromatic rings. The van der Waals surface area contributed by atoms with E-state index in [9.17, 15) is 9.59 Å². The van der Waals surface area contributed by atoms with Crippen molar-refractivity contribution in [3.63, 3.8) is 0 Å². The minimum absolute atomic E-state index is 0.0320. The molecule has 29 heavy (non-hydrogen) atoms. The molecule has 0 spiro atoms. The molecule has 0 saturated carbocycles. The van der Waals surface area contributed by atoms with E-state index < -0.39 is 0 Å². The first-order valence-corrected chi connectivity index (χ1v) is 9.09. The predicted molar refractivity (Wildman–Crippen MR) is 111 cm³/mol. The summed E-state index contributed by atoms with van der Waals surface area (Å²) < 4.78 is 5.86. The molecule has 1 heterocycles. The first-order valence-electron chi connectivity index (χ1n) is 9.09. The van der Waals surface area contributed by atoms with Gasteiger partial charge in [0, 0.05) is 37.5 Å². The molecule has 0 saturated heterocycles. The SMILES string of the molecule is CC(=O)Nc1ccc(Nc2ncc(-c3ccccc3CN(C)C(=O)CN)o2)cc1. The molecule has 0 fully saturated rings. The minimum Gasteiger partial charge on any atom is -0.423 e. The molecule has 8 heteroatoms. The molecule has 0 aliphatic heterocycles. The lowest BCUT2D eigenvalue weighted by atomic mass is 10.1. The van der Waals surface area contributed by atoms with Crippen molar-refractivity contribution in [1.82, 2.24) is 9.88 Å². The number of nitrogens with zero attached hydrogens (tertiary/aromatic N) is 2. The number of rotatable bonds is 7. The van der Waals surface area contributed by atoms with E-state index in [1.807, 2.05) is 36.4 Å². The van der Waals surface area contributed by atoms with Crippen molar-refractivity contribution in [3.8, 4) is 11.3 Å². The largest absolute Gasteiger partial charge is 0.423 e. The van der Waals surface area contributed by atoms with Crippen molar-refractivity contribution in [2.24, 2.45) is 5.73 Å². The number of oxazole rings is 1. The van der Waals surface area contributed by atoms with E-state index in [2.05, 4.69) is 15.6 Å². The summed E-state index contributed by atoms with van der Waals surface area (Å²) in [7, 11) is 1.71. The Bertz CT molecular complexity index is 998. The standard InChI is InChI=1S/C21H23N5O3/c1-14(27)24-16-7-9-17(10-8-16)25-21-23-12-19(29-21)18-6-4-3-5-15(18)13-26(2)20(28)11-22/h3-10,12H,11,13,22H2,1-2H3,(H,23,25)(H,24,27). The van der Waals surface area contributed by atoms with Crippen LogP contribution < -0.4 is 16.4 Å². The summed E-state index contributed by atoms with van der Waals surface area (Å²) in [6.07, 6.45) is 1.64. The Balaban J connectivity index is 1.75. The highest BCUT2D eigenvalue weighted by atomic mass is 16.4. The van der Waals surface area contributed by atoms with Gasteiger partial charge in [0.05, 0.1) is 12.7 Å². The molecule has 0 atom stereocenters.